The SMILES string of the molecule is Nc1cc(C(=O)O)c(Nc2cc(F)ccc2F)cn1. The Kier molecular flexibility index (Phi) is 3.28. The van der Waals surface area contributed by atoms with E-state index in [2.05, 4.69) is 10.3 Å². The van der Waals surface area contributed by atoms with Gasteiger partial charge < -0.3 is 16.2 Å². The summed E-state index contributed by atoms with van der Waals surface area (Å²) in [6, 6.07) is 3.93. The third kappa shape index (κ3) is 2.76. The lowest BCUT2D eigenvalue weighted by atomic mass is 10.2. The van der Waals surface area contributed by atoms with Crippen molar-refractivity contribution in [3.05, 3.63) is 47.7 Å². The normalized spacial score (nSPS) is 10.2. The van der Waals surface area contributed by atoms with E-state index in [-0.39, 0.29) is 22.8 Å². The number of rotatable bonds is 3. The fourth-order valence-corrected chi connectivity index (χ4v) is 1.49. The number of nitrogen functional groups attached to an aromatic ring is 1. The molecule has 19 heavy (non-hydrogen) atoms. The number of carboxylic acid groups (broad SMARTS) is 1. The molecule has 0 fully saturated rings. The Bertz CT molecular complexity index is 647. The molecule has 2 rings (SSSR count). The van der Waals surface area contributed by atoms with Gasteiger partial charge in [0.2, 0.25) is 0 Å². The summed E-state index contributed by atoms with van der Waals surface area (Å²) in [6.45, 7) is 0. The Labute approximate surface area is 106 Å². The lowest BCUT2D eigenvalue weighted by molar-refractivity contribution is 0.0698. The van der Waals surface area contributed by atoms with Crippen LogP contribution < -0.4 is 11.1 Å². The van der Waals surface area contributed by atoms with Crippen molar-refractivity contribution in [2.24, 2.45) is 0 Å². The predicted molar refractivity (Wildman–Crippen MR) is 65.2 cm³/mol. The van der Waals surface area contributed by atoms with Crippen molar-refractivity contribution in [2.75, 3.05) is 11.1 Å². The van der Waals surface area contributed by atoms with Crippen molar-refractivity contribution in [1.29, 1.82) is 0 Å². The minimum Gasteiger partial charge on any atom is -0.478 e. The first-order chi connectivity index (χ1) is 8.97. The van der Waals surface area contributed by atoms with E-state index in [1.807, 2.05) is 0 Å². The highest BCUT2D eigenvalue weighted by molar-refractivity contribution is 5.95. The molecule has 0 bridgehead atoms. The zero-order chi connectivity index (χ0) is 14.0. The molecule has 0 saturated heterocycles. The number of nitrogens with one attached hydrogen (secondary N) is 1. The van der Waals surface area contributed by atoms with Crippen LogP contribution in [-0.4, -0.2) is 16.1 Å². The number of pyridine rings is 1. The number of nitrogens with two attached hydrogens (primary N) is 1. The molecule has 1 heterocycles. The highest BCUT2D eigenvalue weighted by Gasteiger charge is 2.13. The largest absolute Gasteiger partial charge is 0.478 e. The van der Waals surface area contributed by atoms with Gasteiger partial charge in [0.1, 0.15) is 17.5 Å². The number of anilines is 3. The van der Waals surface area contributed by atoms with Crippen LogP contribution in [0.2, 0.25) is 0 Å². The number of aromatic nitrogens is 1. The van der Waals surface area contributed by atoms with Crippen molar-refractivity contribution in [3.63, 3.8) is 0 Å². The average molecular weight is 265 g/mol. The molecule has 2 aromatic rings. The Balaban J connectivity index is 2.43. The summed E-state index contributed by atoms with van der Waals surface area (Å²) in [4.78, 5) is 14.7. The van der Waals surface area contributed by atoms with Crippen LogP contribution in [0, 0.1) is 11.6 Å². The minimum absolute atomic E-state index is 0.0164. The third-order valence-electron chi connectivity index (χ3n) is 2.35. The van der Waals surface area contributed by atoms with Crippen LogP contribution in [0.3, 0.4) is 0 Å². The molecular formula is C12H9F2N3O2. The molecule has 5 nitrogen and oxygen atoms in total. The van der Waals surface area contributed by atoms with Crippen LogP contribution in [0.5, 0.6) is 0 Å². The highest BCUT2D eigenvalue weighted by atomic mass is 19.1. The van der Waals surface area contributed by atoms with Gasteiger partial charge in [-0.2, -0.15) is 0 Å². The fraction of sp³-hybridized carbons (Fsp3) is 0. The maximum atomic E-state index is 13.4. The lowest BCUT2D eigenvalue weighted by Gasteiger charge is -2.10. The molecule has 1 aromatic carbocycles. The van der Waals surface area contributed by atoms with Crippen molar-refractivity contribution >= 4 is 23.2 Å². The summed E-state index contributed by atoms with van der Waals surface area (Å²) in [7, 11) is 0. The second-order valence-corrected chi connectivity index (χ2v) is 3.71. The molecule has 0 saturated carbocycles. The fourth-order valence-electron chi connectivity index (χ4n) is 1.49. The number of carboxylic acids is 1. The summed E-state index contributed by atoms with van der Waals surface area (Å²) in [5.41, 5.74) is 5.03. The number of hydrogen-bond donors (Lipinski definition) is 3. The van der Waals surface area contributed by atoms with Crippen LogP contribution in [0.25, 0.3) is 0 Å². The summed E-state index contributed by atoms with van der Waals surface area (Å²) in [5, 5.41) is 11.5. The molecule has 0 aliphatic carbocycles. The van der Waals surface area contributed by atoms with E-state index < -0.39 is 17.6 Å². The minimum atomic E-state index is -1.26. The Morgan fingerprint density at radius 3 is 2.68 bits per heavy atom. The average Bonchev–Trinajstić information content (AvgIpc) is 2.35. The van der Waals surface area contributed by atoms with Crippen LogP contribution in [0.1, 0.15) is 10.4 Å². The van der Waals surface area contributed by atoms with Gasteiger partial charge in [0, 0.05) is 6.07 Å². The molecule has 0 aliphatic heterocycles. The Hall–Kier alpha value is -2.70. The van der Waals surface area contributed by atoms with Crippen molar-refractivity contribution in [2.45, 2.75) is 0 Å². The van der Waals surface area contributed by atoms with Gasteiger partial charge >= 0.3 is 5.97 Å². The number of halogens is 2. The maximum Gasteiger partial charge on any atom is 0.338 e. The van der Waals surface area contributed by atoms with Gasteiger partial charge in [-0.15, -0.1) is 0 Å². The van der Waals surface area contributed by atoms with Crippen LogP contribution in [-0.2, 0) is 0 Å². The van der Waals surface area contributed by atoms with Crippen LogP contribution in [0.15, 0.2) is 30.5 Å². The number of benzene rings is 1. The van der Waals surface area contributed by atoms with Crippen LogP contribution >= 0.6 is 0 Å². The van der Waals surface area contributed by atoms with E-state index >= 15 is 0 Å². The number of hydrogen-bond acceptors (Lipinski definition) is 4. The molecular weight excluding hydrogens is 256 g/mol. The second kappa shape index (κ2) is 4.89. The molecule has 0 aliphatic rings. The first-order valence-corrected chi connectivity index (χ1v) is 5.18. The molecule has 98 valence electrons. The standard InChI is InChI=1S/C12H9F2N3O2/c13-6-1-2-8(14)9(3-6)17-10-5-16-11(15)4-7(10)12(18)19/h1-5,17H,(H2,15,16)(H,18,19). The molecule has 0 spiro atoms. The molecule has 0 unspecified atom stereocenters. The van der Waals surface area contributed by atoms with Crippen molar-refractivity contribution < 1.29 is 18.7 Å². The summed E-state index contributed by atoms with van der Waals surface area (Å²) < 4.78 is 26.5. The number of nitrogens with zero attached hydrogens (tertiary/aromatic N) is 1. The summed E-state index contributed by atoms with van der Waals surface area (Å²) >= 11 is 0. The zero-order valence-corrected chi connectivity index (χ0v) is 9.52. The number of aromatic carboxylic acids is 1. The van der Waals surface area contributed by atoms with E-state index in [1.165, 1.54) is 0 Å². The van der Waals surface area contributed by atoms with E-state index in [0.29, 0.717) is 0 Å². The smallest absolute Gasteiger partial charge is 0.338 e. The molecule has 0 amide bonds. The van der Waals surface area contributed by atoms with Crippen LogP contribution in [0.4, 0.5) is 26.0 Å². The van der Waals surface area contributed by atoms with Gasteiger partial charge in [-0.25, -0.2) is 18.6 Å². The van der Waals surface area contributed by atoms with Crippen molar-refractivity contribution in [1.82, 2.24) is 4.98 Å². The van der Waals surface area contributed by atoms with Gasteiger partial charge in [0.05, 0.1) is 23.1 Å². The van der Waals surface area contributed by atoms with E-state index in [9.17, 15) is 13.6 Å². The van der Waals surface area contributed by atoms with Gasteiger partial charge in [0.25, 0.3) is 0 Å². The Morgan fingerprint density at radius 1 is 1.26 bits per heavy atom. The van der Waals surface area contributed by atoms with E-state index in [0.717, 1.165) is 30.5 Å². The molecule has 4 N–H and O–H groups in total. The maximum absolute atomic E-state index is 13.4. The summed E-state index contributed by atoms with van der Waals surface area (Å²) in [5.74, 6) is -2.60. The summed E-state index contributed by atoms with van der Waals surface area (Å²) in [6.07, 6.45) is 1.14. The monoisotopic (exact) mass is 265 g/mol. The zero-order valence-electron chi connectivity index (χ0n) is 9.52. The molecule has 0 atom stereocenters. The first kappa shape index (κ1) is 12.7. The van der Waals surface area contributed by atoms with Gasteiger partial charge in [-0.1, -0.05) is 0 Å². The van der Waals surface area contributed by atoms with E-state index in [4.69, 9.17) is 10.8 Å². The third-order valence-corrected chi connectivity index (χ3v) is 2.35. The van der Waals surface area contributed by atoms with Gasteiger partial charge in [0.15, 0.2) is 0 Å². The molecule has 7 heteroatoms. The number of carbonyl (C=O) groups is 1. The Morgan fingerprint density at radius 2 is 2.00 bits per heavy atom. The highest BCUT2D eigenvalue weighted by Crippen LogP contribution is 2.24. The first-order valence-electron chi connectivity index (χ1n) is 5.18. The molecule has 0 radical (unpaired) electrons. The predicted octanol–water partition coefficient (Wildman–Crippen LogP) is 2.38. The molecule has 1 aromatic heterocycles. The van der Waals surface area contributed by atoms with Gasteiger partial charge in [-0.3, -0.25) is 0 Å². The van der Waals surface area contributed by atoms with E-state index in [1.54, 1.807) is 0 Å². The lowest BCUT2D eigenvalue weighted by Crippen LogP contribution is -2.06. The van der Waals surface area contributed by atoms with Crippen molar-refractivity contribution in [3.8, 4) is 0 Å². The quantitative estimate of drug-likeness (QED) is 0.793. The topological polar surface area (TPSA) is 88.2 Å². The second-order valence-electron chi connectivity index (χ2n) is 3.71. The van der Waals surface area contributed by atoms with Gasteiger partial charge in [-0.05, 0) is 18.2 Å².